The molecule has 0 aliphatic carbocycles. The lowest BCUT2D eigenvalue weighted by Crippen LogP contribution is -2.40. The zero-order valence-electron chi connectivity index (χ0n) is 19.1. The summed E-state index contributed by atoms with van der Waals surface area (Å²) in [5.41, 5.74) is 2.73. The quantitative estimate of drug-likeness (QED) is 0.574. The molecule has 1 saturated heterocycles. The average molecular weight is 465 g/mol. The topological polar surface area (TPSA) is 106 Å². The molecule has 2 aliphatic rings. The molecule has 5 rings (SSSR count). The number of aromatic nitrogens is 2. The van der Waals surface area contributed by atoms with E-state index in [1.165, 1.54) is 0 Å². The number of carbonyl (C=O) groups excluding carboxylic acids is 1. The van der Waals surface area contributed by atoms with Crippen LogP contribution in [0.4, 0.5) is 5.69 Å². The molecule has 2 N–H and O–H groups in total. The van der Waals surface area contributed by atoms with E-state index in [1.54, 1.807) is 25.4 Å². The Bertz CT molecular complexity index is 1180. The number of aliphatic hydroxyl groups excluding tert-OH is 1. The summed E-state index contributed by atoms with van der Waals surface area (Å²) in [6, 6.07) is 10.9. The smallest absolute Gasteiger partial charge is 0.227 e. The van der Waals surface area contributed by atoms with Gasteiger partial charge in [0.1, 0.15) is 18.7 Å². The van der Waals surface area contributed by atoms with Gasteiger partial charge in [0, 0.05) is 24.7 Å². The van der Waals surface area contributed by atoms with Crippen molar-refractivity contribution in [2.75, 3.05) is 45.3 Å². The summed E-state index contributed by atoms with van der Waals surface area (Å²) in [6.07, 6.45) is 2.47. The first-order valence-corrected chi connectivity index (χ1v) is 11.5. The van der Waals surface area contributed by atoms with Crippen molar-refractivity contribution in [1.29, 1.82) is 0 Å². The molecule has 0 radical (unpaired) electrons. The number of hydrogen-bond acceptors (Lipinski definition) is 8. The number of piperidine rings is 1. The Morgan fingerprint density at radius 1 is 1.18 bits per heavy atom. The van der Waals surface area contributed by atoms with Crippen molar-refractivity contribution >= 4 is 22.6 Å². The average Bonchev–Trinajstić information content (AvgIpc) is 2.88. The highest BCUT2D eigenvalue weighted by Gasteiger charge is 2.27. The molecule has 4 heterocycles. The molecule has 9 nitrogen and oxygen atoms in total. The van der Waals surface area contributed by atoms with Crippen LogP contribution in [0, 0.1) is 5.92 Å². The van der Waals surface area contributed by atoms with Gasteiger partial charge in [0.05, 0.1) is 24.4 Å². The van der Waals surface area contributed by atoms with Gasteiger partial charge in [-0.1, -0.05) is 6.07 Å². The molecule has 2 aliphatic heterocycles. The number of likely N-dealkylation sites (tertiary alicyclic amines) is 1. The molecule has 0 unspecified atom stereocenters. The predicted molar refractivity (Wildman–Crippen MR) is 126 cm³/mol. The van der Waals surface area contributed by atoms with Crippen LogP contribution in [-0.4, -0.2) is 65.8 Å². The standard InChI is InChI=1S/C25H28N4O5/c1-32-23-5-3-18-24(28-23)19(6-9-26-18)27-25(31)16-7-10-29(11-8-16)15-20(30)17-2-4-21-22(14-17)34-13-12-33-21/h2-6,9,14,16,20,30H,7-8,10-13,15H2,1H3,(H,26,27,31)/t20-/m0/s1. The van der Waals surface area contributed by atoms with Gasteiger partial charge in [0.15, 0.2) is 11.5 Å². The molecule has 0 spiro atoms. The third kappa shape index (κ3) is 4.76. The second-order valence-corrected chi connectivity index (χ2v) is 8.56. The summed E-state index contributed by atoms with van der Waals surface area (Å²) in [6.45, 7) is 3.04. The van der Waals surface area contributed by atoms with E-state index in [1.807, 2.05) is 24.3 Å². The number of pyridine rings is 2. The summed E-state index contributed by atoms with van der Waals surface area (Å²) in [5, 5.41) is 13.8. The van der Waals surface area contributed by atoms with Crippen molar-refractivity contribution in [3.8, 4) is 17.4 Å². The fraction of sp³-hybridized carbons (Fsp3) is 0.400. The molecule has 1 aromatic carbocycles. The van der Waals surface area contributed by atoms with Crippen LogP contribution in [0.2, 0.25) is 0 Å². The molecular formula is C25H28N4O5. The number of nitrogens with zero attached hydrogens (tertiary/aromatic N) is 3. The van der Waals surface area contributed by atoms with Gasteiger partial charge < -0.3 is 29.5 Å². The second-order valence-electron chi connectivity index (χ2n) is 8.56. The number of nitrogens with one attached hydrogen (secondary N) is 1. The number of β-amino-alcohol motifs (C(OH)–C–C–N with tert-alkyl or cyclic N) is 1. The summed E-state index contributed by atoms with van der Waals surface area (Å²) in [4.78, 5) is 23.9. The van der Waals surface area contributed by atoms with Gasteiger partial charge in [0.2, 0.25) is 11.8 Å². The van der Waals surface area contributed by atoms with Gasteiger partial charge in [-0.3, -0.25) is 9.78 Å². The molecule has 2 aromatic heterocycles. The van der Waals surface area contributed by atoms with Gasteiger partial charge in [-0.05, 0) is 55.8 Å². The van der Waals surface area contributed by atoms with E-state index in [4.69, 9.17) is 14.2 Å². The predicted octanol–water partition coefficient (Wildman–Crippen LogP) is 2.79. The van der Waals surface area contributed by atoms with E-state index in [0.29, 0.717) is 53.9 Å². The van der Waals surface area contributed by atoms with Gasteiger partial charge in [-0.25, -0.2) is 4.98 Å². The third-order valence-electron chi connectivity index (χ3n) is 6.37. The molecular weight excluding hydrogens is 436 g/mol. The number of ether oxygens (including phenoxy) is 3. The van der Waals surface area contributed by atoms with Crippen LogP contribution in [0.3, 0.4) is 0 Å². The summed E-state index contributed by atoms with van der Waals surface area (Å²) >= 11 is 0. The number of carbonyl (C=O) groups is 1. The molecule has 3 aromatic rings. The summed E-state index contributed by atoms with van der Waals surface area (Å²) in [7, 11) is 1.56. The Morgan fingerprint density at radius 3 is 2.76 bits per heavy atom. The fourth-order valence-corrected chi connectivity index (χ4v) is 4.45. The number of aliphatic hydroxyl groups is 1. The first-order valence-electron chi connectivity index (χ1n) is 11.5. The van der Waals surface area contributed by atoms with Crippen molar-refractivity contribution < 1.29 is 24.1 Å². The van der Waals surface area contributed by atoms with Gasteiger partial charge >= 0.3 is 0 Å². The highest BCUT2D eigenvalue weighted by Crippen LogP contribution is 2.33. The molecule has 9 heteroatoms. The highest BCUT2D eigenvalue weighted by atomic mass is 16.6. The first-order chi connectivity index (χ1) is 16.6. The largest absolute Gasteiger partial charge is 0.486 e. The molecule has 1 amide bonds. The minimum absolute atomic E-state index is 0.0239. The van der Waals surface area contributed by atoms with E-state index in [0.717, 1.165) is 31.5 Å². The third-order valence-corrected chi connectivity index (χ3v) is 6.37. The zero-order valence-corrected chi connectivity index (χ0v) is 19.1. The second kappa shape index (κ2) is 9.82. The van der Waals surface area contributed by atoms with E-state index < -0.39 is 6.10 Å². The monoisotopic (exact) mass is 464 g/mol. The maximum Gasteiger partial charge on any atom is 0.227 e. The van der Waals surface area contributed by atoms with Crippen molar-refractivity contribution in [2.24, 2.45) is 5.92 Å². The fourth-order valence-electron chi connectivity index (χ4n) is 4.45. The Kier molecular flexibility index (Phi) is 6.46. The van der Waals surface area contributed by atoms with Crippen molar-refractivity contribution in [1.82, 2.24) is 14.9 Å². The van der Waals surface area contributed by atoms with Gasteiger partial charge in [-0.2, -0.15) is 0 Å². The lowest BCUT2D eigenvalue weighted by Gasteiger charge is -2.32. The number of rotatable bonds is 6. The Hall–Kier alpha value is -3.43. The molecule has 1 atom stereocenters. The van der Waals surface area contributed by atoms with Crippen LogP contribution in [0.1, 0.15) is 24.5 Å². The molecule has 0 bridgehead atoms. The number of anilines is 1. The molecule has 0 saturated carbocycles. The van der Waals surface area contributed by atoms with E-state index in [2.05, 4.69) is 20.2 Å². The normalized spacial score (nSPS) is 17.4. The number of hydrogen-bond donors (Lipinski definition) is 2. The van der Waals surface area contributed by atoms with Crippen LogP contribution < -0.4 is 19.5 Å². The number of benzene rings is 1. The number of fused-ring (bicyclic) bond motifs is 2. The molecule has 34 heavy (non-hydrogen) atoms. The Balaban J connectivity index is 1.17. The van der Waals surface area contributed by atoms with E-state index in [9.17, 15) is 9.90 Å². The van der Waals surface area contributed by atoms with Crippen molar-refractivity contribution in [2.45, 2.75) is 18.9 Å². The number of amides is 1. The van der Waals surface area contributed by atoms with Crippen LogP contribution in [0.15, 0.2) is 42.6 Å². The Morgan fingerprint density at radius 2 is 1.97 bits per heavy atom. The minimum atomic E-state index is -0.634. The maximum absolute atomic E-state index is 13.0. The van der Waals surface area contributed by atoms with E-state index in [-0.39, 0.29) is 11.8 Å². The SMILES string of the molecule is COc1ccc2nccc(NC(=O)C3CCN(C[C@H](O)c4ccc5c(c4)OCCO5)CC3)c2n1. The summed E-state index contributed by atoms with van der Waals surface area (Å²) < 4.78 is 16.4. The first kappa shape index (κ1) is 22.4. The van der Waals surface area contributed by atoms with Crippen molar-refractivity contribution in [3.63, 3.8) is 0 Å². The van der Waals surface area contributed by atoms with Crippen LogP contribution in [0.25, 0.3) is 11.0 Å². The zero-order chi connectivity index (χ0) is 23.5. The van der Waals surface area contributed by atoms with E-state index >= 15 is 0 Å². The van der Waals surface area contributed by atoms with Crippen LogP contribution in [-0.2, 0) is 4.79 Å². The maximum atomic E-state index is 13.0. The van der Waals surface area contributed by atoms with Crippen molar-refractivity contribution in [3.05, 3.63) is 48.2 Å². The van der Waals surface area contributed by atoms with Crippen LogP contribution >= 0.6 is 0 Å². The Labute approximate surface area is 197 Å². The lowest BCUT2D eigenvalue weighted by molar-refractivity contribution is -0.121. The molecule has 1 fully saturated rings. The molecule has 178 valence electrons. The van der Waals surface area contributed by atoms with Crippen LogP contribution in [0.5, 0.6) is 17.4 Å². The van der Waals surface area contributed by atoms with Gasteiger partial charge in [0.25, 0.3) is 0 Å². The lowest BCUT2D eigenvalue weighted by atomic mass is 9.95. The van der Waals surface area contributed by atoms with Gasteiger partial charge in [-0.15, -0.1) is 0 Å². The number of methoxy groups -OCH3 is 1. The highest BCUT2D eigenvalue weighted by molar-refractivity contribution is 6.00. The summed E-state index contributed by atoms with van der Waals surface area (Å²) in [5.74, 6) is 1.74. The minimum Gasteiger partial charge on any atom is -0.486 e.